The number of anilines is 1. The summed E-state index contributed by atoms with van der Waals surface area (Å²) in [5.41, 5.74) is 2.28. The molecule has 0 fully saturated rings. The molecule has 0 radical (unpaired) electrons. The molecule has 0 bridgehead atoms. The topological polar surface area (TPSA) is 68.8 Å². The van der Waals surface area contributed by atoms with Crippen LogP contribution in [0.4, 0.5) is 5.69 Å². The molecule has 2 aromatic rings. The van der Waals surface area contributed by atoms with Gasteiger partial charge in [0.25, 0.3) is 5.91 Å². The Kier molecular flexibility index (Phi) is 8.04. The molecule has 0 atom stereocenters. The van der Waals surface area contributed by atoms with Gasteiger partial charge in [-0.3, -0.25) is 4.79 Å². The van der Waals surface area contributed by atoms with Crippen LogP contribution in [0.1, 0.15) is 15.9 Å². The van der Waals surface area contributed by atoms with Crippen molar-refractivity contribution in [2.24, 2.45) is 0 Å². The van der Waals surface area contributed by atoms with Crippen molar-refractivity contribution in [1.82, 2.24) is 5.32 Å². The monoisotopic (exact) mass is 366 g/mol. The van der Waals surface area contributed by atoms with Crippen molar-refractivity contribution < 1.29 is 19.0 Å². The lowest BCUT2D eigenvalue weighted by Crippen LogP contribution is -2.13. The Balaban J connectivity index is 0.00000312. The summed E-state index contributed by atoms with van der Waals surface area (Å²) in [5.74, 6) is 1.07. The van der Waals surface area contributed by atoms with Crippen molar-refractivity contribution in [3.05, 3.63) is 47.5 Å². The zero-order chi connectivity index (χ0) is 17.5. The maximum Gasteiger partial charge on any atom is 0.255 e. The van der Waals surface area contributed by atoms with E-state index in [9.17, 15) is 4.79 Å². The molecule has 0 aromatic heterocycles. The van der Waals surface area contributed by atoms with Crippen molar-refractivity contribution in [2.75, 3.05) is 33.7 Å². The van der Waals surface area contributed by atoms with Crippen molar-refractivity contribution in [1.29, 1.82) is 0 Å². The fourth-order valence-electron chi connectivity index (χ4n) is 2.33. The molecule has 2 aromatic carbocycles. The van der Waals surface area contributed by atoms with Gasteiger partial charge in [0.15, 0.2) is 11.5 Å². The molecule has 0 spiro atoms. The van der Waals surface area contributed by atoms with Crippen molar-refractivity contribution in [3.8, 4) is 17.2 Å². The van der Waals surface area contributed by atoms with E-state index in [1.54, 1.807) is 12.1 Å². The van der Waals surface area contributed by atoms with E-state index in [0.717, 1.165) is 12.1 Å². The van der Waals surface area contributed by atoms with Gasteiger partial charge in [0.1, 0.15) is 0 Å². The number of halogens is 1. The van der Waals surface area contributed by atoms with Crippen LogP contribution in [-0.4, -0.2) is 34.3 Å². The lowest BCUT2D eigenvalue weighted by Gasteiger charge is -2.14. The maximum absolute atomic E-state index is 12.5. The van der Waals surface area contributed by atoms with Crippen LogP contribution in [0.25, 0.3) is 0 Å². The van der Waals surface area contributed by atoms with Gasteiger partial charge in [0.05, 0.1) is 21.3 Å². The van der Waals surface area contributed by atoms with Crippen LogP contribution in [0.2, 0.25) is 0 Å². The van der Waals surface area contributed by atoms with Crippen molar-refractivity contribution >= 4 is 24.0 Å². The number of carbonyl (C=O) groups is 1. The number of benzene rings is 2. The molecule has 2 N–H and O–H groups in total. The largest absolute Gasteiger partial charge is 0.493 e. The molecular weight excluding hydrogens is 344 g/mol. The van der Waals surface area contributed by atoms with E-state index in [4.69, 9.17) is 14.2 Å². The highest BCUT2D eigenvalue weighted by Gasteiger charge is 2.17. The summed E-state index contributed by atoms with van der Waals surface area (Å²) in [7, 11) is 6.44. The molecule has 6 nitrogen and oxygen atoms in total. The maximum atomic E-state index is 12.5. The first-order chi connectivity index (χ1) is 11.6. The zero-order valence-corrected chi connectivity index (χ0v) is 15.5. The molecule has 0 heterocycles. The quantitative estimate of drug-likeness (QED) is 0.788. The smallest absolute Gasteiger partial charge is 0.255 e. The van der Waals surface area contributed by atoms with Crippen LogP contribution in [0.15, 0.2) is 36.4 Å². The number of nitrogens with one attached hydrogen (secondary N) is 2. The summed E-state index contributed by atoms with van der Waals surface area (Å²) in [6, 6.07) is 10.9. The first kappa shape index (κ1) is 20.6. The Bertz CT molecular complexity index is 680. The number of carbonyl (C=O) groups excluding carboxylic acids is 1. The Hall–Kier alpha value is -2.44. The van der Waals surface area contributed by atoms with Crippen LogP contribution >= 0.6 is 12.4 Å². The summed E-state index contributed by atoms with van der Waals surface area (Å²) < 4.78 is 15.8. The number of methoxy groups -OCH3 is 3. The number of hydrogen-bond donors (Lipinski definition) is 2. The van der Waals surface area contributed by atoms with E-state index in [-0.39, 0.29) is 18.3 Å². The van der Waals surface area contributed by atoms with Crippen LogP contribution < -0.4 is 24.8 Å². The van der Waals surface area contributed by atoms with Crippen LogP contribution in [-0.2, 0) is 6.54 Å². The third kappa shape index (κ3) is 5.01. The van der Waals surface area contributed by atoms with Crippen molar-refractivity contribution in [2.45, 2.75) is 6.54 Å². The first-order valence-corrected chi connectivity index (χ1v) is 7.47. The lowest BCUT2D eigenvalue weighted by molar-refractivity contribution is 0.102. The van der Waals surface area contributed by atoms with E-state index in [0.29, 0.717) is 28.5 Å². The Labute approximate surface area is 153 Å². The zero-order valence-electron chi connectivity index (χ0n) is 14.7. The van der Waals surface area contributed by atoms with Crippen LogP contribution in [0, 0.1) is 0 Å². The second kappa shape index (κ2) is 9.76. The first-order valence-electron chi connectivity index (χ1n) is 7.47. The van der Waals surface area contributed by atoms with Gasteiger partial charge in [-0.1, -0.05) is 12.1 Å². The summed E-state index contributed by atoms with van der Waals surface area (Å²) >= 11 is 0. The fraction of sp³-hybridized carbons (Fsp3) is 0.278. The van der Waals surface area contributed by atoms with E-state index in [1.165, 1.54) is 21.3 Å². The molecule has 7 heteroatoms. The second-order valence-electron chi connectivity index (χ2n) is 5.10. The highest BCUT2D eigenvalue weighted by atomic mass is 35.5. The third-order valence-corrected chi connectivity index (χ3v) is 3.52. The normalized spacial score (nSPS) is 9.76. The lowest BCUT2D eigenvalue weighted by atomic mass is 10.1. The number of rotatable bonds is 7. The average Bonchev–Trinajstić information content (AvgIpc) is 2.62. The van der Waals surface area contributed by atoms with Crippen molar-refractivity contribution in [3.63, 3.8) is 0 Å². The van der Waals surface area contributed by atoms with E-state index < -0.39 is 0 Å². The van der Waals surface area contributed by atoms with Gasteiger partial charge in [-0.15, -0.1) is 12.4 Å². The standard InChI is InChI=1S/C18H22N2O4.ClH/c1-19-11-12-5-7-14(8-6-12)20-18(21)13-9-15(22-2)17(24-4)16(10-13)23-3;/h5-10,19H,11H2,1-4H3,(H,20,21);1H. The average molecular weight is 367 g/mol. The Morgan fingerprint density at radius 3 is 1.96 bits per heavy atom. The van der Waals surface area contributed by atoms with Crippen LogP contribution in [0.5, 0.6) is 17.2 Å². The molecule has 0 saturated heterocycles. The third-order valence-electron chi connectivity index (χ3n) is 3.52. The summed E-state index contributed by atoms with van der Waals surface area (Å²) in [6.45, 7) is 0.779. The second-order valence-corrected chi connectivity index (χ2v) is 5.10. The molecule has 0 saturated carbocycles. The molecule has 0 aliphatic rings. The SMILES string of the molecule is CNCc1ccc(NC(=O)c2cc(OC)c(OC)c(OC)c2)cc1.Cl. The van der Waals surface area contributed by atoms with Gasteiger partial charge < -0.3 is 24.8 Å². The van der Waals surface area contributed by atoms with Gasteiger partial charge in [-0.2, -0.15) is 0 Å². The molecule has 0 aliphatic heterocycles. The molecule has 0 unspecified atom stereocenters. The van der Waals surface area contributed by atoms with Gasteiger partial charge in [0, 0.05) is 17.8 Å². The Morgan fingerprint density at radius 2 is 1.52 bits per heavy atom. The van der Waals surface area contributed by atoms with Crippen LogP contribution in [0.3, 0.4) is 0 Å². The Morgan fingerprint density at radius 1 is 0.960 bits per heavy atom. The number of amides is 1. The fourth-order valence-corrected chi connectivity index (χ4v) is 2.33. The molecular formula is C18H23ClN2O4. The summed E-state index contributed by atoms with van der Waals surface area (Å²) in [6.07, 6.45) is 0. The molecule has 136 valence electrons. The summed E-state index contributed by atoms with van der Waals surface area (Å²) in [4.78, 5) is 12.5. The van der Waals surface area contributed by atoms with Gasteiger partial charge >= 0.3 is 0 Å². The minimum absolute atomic E-state index is 0. The highest BCUT2D eigenvalue weighted by molar-refractivity contribution is 6.05. The summed E-state index contributed by atoms with van der Waals surface area (Å²) in [5, 5.41) is 5.94. The minimum Gasteiger partial charge on any atom is -0.493 e. The number of hydrogen-bond acceptors (Lipinski definition) is 5. The molecule has 25 heavy (non-hydrogen) atoms. The van der Waals surface area contributed by atoms with Gasteiger partial charge in [0.2, 0.25) is 5.75 Å². The molecule has 1 amide bonds. The van der Waals surface area contributed by atoms with Gasteiger partial charge in [-0.25, -0.2) is 0 Å². The van der Waals surface area contributed by atoms with E-state index in [2.05, 4.69) is 10.6 Å². The minimum atomic E-state index is -0.254. The number of ether oxygens (including phenoxy) is 3. The van der Waals surface area contributed by atoms with Gasteiger partial charge in [-0.05, 0) is 36.9 Å². The molecule has 2 rings (SSSR count). The predicted molar refractivity (Wildman–Crippen MR) is 101 cm³/mol. The highest BCUT2D eigenvalue weighted by Crippen LogP contribution is 2.38. The van der Waals surface area contributed by atoms with E-state index >= 15 is 0 Å². The molecule has 0 aliphatic carbocycles. The van der Waals surface area contributed by atoms with E-state index in [1.807, 2.05) is 31.3 Å². The predicted octanol–water partition coefficient (Wildman–Crippen LogP) is 3.11.